The van der Waals surface area contributed by atoms with Gasteiger partial charge in [-0.3, -0.25) is 4.79 Å². The zero-order valence-electron chi connectivity index (χ0n) is 10.9. The van der Waals surface area contributed by atoms with Crippen LogP contribution in [0.5, 0.6) is 0 Å². The molecule has 0 saturated carbocycles. The molecule has 0 bridgehead atoms. The molecule has 0 fully saturated rings. The van der Waals surface area contributed by atoms with Crippen LogP contribution in [0.15, 0.2) is 24.3 Å². The molecule has 0 aliphatic rings. The molecule has 0 spiro atoms. The molecule has 1 aromatic rings. The monoisotopic (exact) mass is 297 g/mol. The summed E-state index contributed by atoms with van der Waals surface area (Å²) in [7, 11) is 0. The Bertz CT molecular complexity index is 376. The van der Waals surface area contributed by atoms with Crippen LogP contribution < -0.4 is 5.32 Å². The van der Waals surface area contributed by atoms with Gasteiger partial charge in [0.05, 0.1) is 4.32 Å². The van der Waals surface area contributed by atoms with Gasteiger partial charge < -0.3 is 5.32 Å². The predicted molar refractivity (Wildman–Crippen MR) is 75.4 cm³/mol. The molecule has 0 unspecified atom stereocenters. The molecule has 0 aliphatic carbocycles. The second-order valence-corrected chi connectivity index (χ2v) is 7.03. The molecule has 0 saturated heterocycles. The number of rotatable bonds is 4. The summed E-state index contributed by atoms with van der Waals surface area (Å²) in [5, 5.41) is 2.90. The van der Waals surface area contributed by atoms with Crippen molar-refractivity contribution >= 4 is 21.8 Å². The topological polar surface area (TPSA) is 29.1 Å². The maximum absolute atomic E-state index is 11.7. The first kappa shape index (κ1) is 14.2. The Kier molecular flexibility index (Phi) is 4.75. The molecular weight excluding hydrogens is 278 g/mol. The minimum Gasteiger partial charge on any atom is -0.351 e. The standard InChI is InChI=1S/C14H20BrNO/c1-10(2)12-7-5-11(6-8-12)9-16-13(17)14(3,4)15/h5-8,10H,9H2,1-4H3,(H,16,17). The Morgan fingerprint density at radius 2 is 1.82 bits per heavy atom. The van der Waals surface area contributed by atoms with Crippen molar-refractivity contribution in [3.8, 4) is 0 Å². The van der Waals surface area contributed by atoms with Crippen molar-refractivity contribution in [2.24, 2.45) is 0 Å². The highest BCUT2D eigenvalue weighted by Gasteiger charge is 2.22. The average Bonchev–Trinajstić information content (AvgIpc) is 2.25. The van der Waals surface area contributed by atoms with E-state index in [0.29, 0.717) is 12.5 Å². The van der Waals surface area contributed by atoms with Crippen molar-refractivity contribution in [3.63, 3.8) is 0 Å². The zero-order chi connectivity index (χ0) is 13.1. The van der Waals surface area contributed by atoms with E-state index in [2.05, 4.69) is 59.4 Å². The van der Waals surface area contributed by atoms with E-state index in [4.69, 9.17) is 0 Å². The Morgan fingerprint density at radius 3 is 2.24 bits per heavy atom. The maximum atomic E-state index is 11.7. The van der Waals surface area contributed by atoms with E-state index >= 15 is 0 Å². The third-order valence-corrected chi connectivity index (χ3v) is 3.00. The van der Waals surface area contributed by atoms with E-state index in [1.54, 1.807) is 0 Å². The first-order valence-corrected chi connectivity index (χ1v) is 6.66. The normalized spacial score (nSPS) is 11.6. The summed E-state index contributed by atoms with van der Waals surface area (Å²) in [6.45, 7) is 8.59. The van der Waals surface area contributed by atoms with Crippen LogP contribution in [0.4, 0.5) is 0 Å². The lowest BCUT2D eigenvalue weighted by atomic mass is 10.0. The van der Waals surface area contributed by atoms with Gasteiger partial charge in [0.15, 0.2) is 0 Å². The van der Waals surface area contributed by atoms with Crippen LogP contribution in [0, 0.1) is 0 Å². The highest BCUT2D eigenvalue weighted by atomic mass is 79.9. The fourth-order valence-corrected chi connectivity index (χ4v) is 1.55. The lowest BCUT2D eigenvalue weighted by molar-refractivity contribution is -0.122. The van der Waals surface area contributed by atoms with Crippen LogP contribution in [0.2, 0.25) is 0 Å². The number of carbonyl (C=O) groups is 1. The molecule has 2 nitrogen and oxygen atoms in total. The van der Waals surface area contributed by atoms with Crippen LogP contribution in [0.1, 0.15) is 44.7 Å². The molecule has 0 aromatic heterocycles. The molecule has 1 amide bonds. The lowest BCUT2D eigenvalue weighted by Gasteiger charge is -2.16. The number of nitrogens with one attached hydrogen (secondary N) is 1. The van der Waals surface area contributed by atoms with Gasteiger partial charge in [0.2, 0.25) is 5.91 Å². The minimum absolute atomic E-state index is 0.00503. The van der Waals surface area contributed by atoms with Crippen molar-refractivity contribution in [1.82, 2.24) is 5.32 Å². The van der Waals surface area contributed by atoms with Crippen molar-refractivity contribution in [1.29, 1.82) is 0 Å². The van der Waals surface area contributed by atoms with Gasteiger partial charge in [0.25, 0.3) is 0 Å². The molecule has 94 valence electrons. The Balaban J connectivity index is 2.56. The number of hydrogen-bond donors (Lipinski definition) is 1. The van der Waals surface area contributed by atoms with Gasteiger partial charge in [-0.15, -0.1) is 0 Å². The van der Waals surface area contributed by atoms with E-state index < -0.39 is 4.32 Å². The van der Waals surface area contributed by atoms with Gasteiger partial charge in [-0.25, -0.2) is 0 Å². The van der Waals surface area contributed by atoms with E-state index in [1.165, 1.54) is 5.56 Å². The number of benzene rings is 1. The summed E-state index contributed by atoms with van der Waals surface area (Å²) in [6.07, 6.45) is 0. The second kappa shape index (κ2) is 5.67. The van der Waals surface area contributed by atoms with E-state index in [0.717, 1.165) is 5.56 Å². The molecule has 1 rings (SSSR count). The van der Waals surface area contributed by atoms with Gasteiger partial charge in [-0.2, -0.15) is 0 Å². The van der Waals surface area contributed by atoms with E-state index in [9.17, 15) is 4.79 Å². The molecular formula is C14H20BrNO. The summed E-state index contributed by atoms with van der Waals surface area (Å²) >= 11 is 3.34. The zero-order valence-corrected chi connectivity index (χ0v) is 12.5. The number of alkyl halides is 1. The Hall–Kier alpha value is -0.830. The van der Waals surface area contributed by atoms with Crippen LogP contribution in [-0.2, 0) is 11.3 Å². The number of amides is 1. The highest BCUT2D eigenvalue weighted by molar-refractivity contribution is 9.10. The van der Waals surface area contributed by atoms with Crippen molar-refractivity contribution in [2.75, 3.05) is 0 Å². The van der Waals surface area contributed by atoms with Gasteiger partial charge >= 0.3 is 0 Å². The number of carbonyl (C=O) groups excluding carboxylic acids is 1. The van der Waals surface area contributed by atoms with Crippen molar-refractivity contribution in [2.45, 2.75) is 44.5 Å². The first-order valence-electron chi connectivity index (χ1n) is 5.86. The lowest BCUT2D eigenvalue weighted by Crippen LogP contribution is -2.37. The van der Waals surface area contributed by atoms with Crippen LogP contribution in [-0.4, -0.2) is 10.2 Å². The Morgan fingerprint density at radius 1 is 1.29 bits per heavy atom. The van der Waals surface area contributed by atoms with E-state index in [-0.39, 0.29) is 5.91 Å². The van der Waals surface area contributed by atoms with Crippen molar-refractivity contribution < 1.29 is 4.79 Å². The highest BCUT2D eigenvalue weighted by Crippen LogP contribution is 2.17. The van der Waals surface area contributed by atoms with Gasteiger partial charge in [0, 0.05) is 6.54 Å². The fraction of sp³-hybridized carbons (Fsp3) is 0.500. The molecule has 1 N–H and O–H groups in total. The SMILES string of the molecule is CC(C)c1ccc(CNC(=O)C(C)(C)Br)cc1. The number of hydrogen-bond acceptors (Lipinski definition) is 1. The summed E-state index contributed by atoms with van der Waals surface area (Å²) < 4.78 is -0.509. The summed E-state index contributed by atoms with van der Waals surface area (Å²) in [5.74, 6) is 0.547. The maximum Gasteiger partial charge on any atom is 0.236 e. The quantitative estimate of drug-likeness (QED) is 0.845. The largest absolute Gasteiger partial charge is 0.351 e. The third-order valence-electron chi connectivity index (χ3n) is 2.64. The molecule has 0 radical (unpaired) electrons. The van der Waals surface area contributed by atoms with Crippen LogP contribution >= 0.6 is 15.9 Å². The minimum atomic E-state index is -0.509. The molecule has 3 heteroatoms. The summed E-state index contributed by atoms with van der Waals surface area (Å²) in [4.78, 5) is 11.7. The molecule has 0 aliphatic heterocycles. The summed E-state index contributed by atoms with van der Waals surface area (Å²) in [5.41, 5.74) is 2.44. The van der Waals surface area contributed by atoms with Gasteiger partial charge in [-0.1, -0.05) is 54.0 Å². The molecule has 1 aromatic carbocycles. The van der Waals surface area contributed by atoms with Crippen LogP contribution in [0.3, 0.4) is 0 Å². The first-order chi connectivity index (χ1) is 7.80. The molecule has 17 heavy (non-hydrogen) atoms. The van der Waals surface area contributed by atoms with Crippen molar-refractivity contribution in [3.05, 3.63) is 35.4 Å². The molecule has 0 heterocycles. The Labute approximate surface area is 112 Å². The number of halogens is 1. The van der Waals surface area contributed by atoms with E-state index in [1.807, 2.05) is 13.8 Å². The second-order valence-electron chi connectivity index (χ2n) is 5.05. The smallest absolute Gasteiger partial charge is 0.236 e. The van der Waals surface area contributed by atoms with Gasteiger partial charge in [-0.05, 0) is 30.9 Å². The van der Waals surface area contributed by atoms with Crippen LogP contribution in [0.25, 0.3) is 0 Å². The van der Waals surface area contributed by atoms with Gasteiger partial charge in [0.1, 0.15) is 0 Å². The molecule has 0 atom stereocenters. The predicted octanol–water partition coefficient (Wildman–Crippen LogP) is 3.60. The summed E-state index contributed by atoms with van der Waals surface area (Å²) in [6, 6.07) is 8.37. The third kappa shape index (κ3) is 4.50. The fourth-order valence-electron chi connectivity index (χ4n) is 1.41. The average molecular weight is 298 g/mol.